The van der Waals surface area contributed by atoms with E-state index >= 15 is 0 Å². The van der Waals surface area contributed by atoms with Crippen molar-refractivity contribution in [2.75, 3.05) is 44.2 Å². The SMILES string of the molecule is CC1CN(C[C@H]2CN(C(=O)OC(C)(C)C)[C@H](C)CN2CC(=O)N2CC(C)(C)c3ncc(Cc4ccc(F)cc4)cc32)C(C)C(=O)N1. The Labute approximate surface area is 272 Å². The lowest BCUT2D eigenvalue weighted by Gasteiger charge is -2.48. The van der Waals surface area contributed by atoms with Gasteiger partial charge >= 0.3 is 6.09 Å². The number of pyridine rings is 1. The zero-order valence-corrected chi connectivity index (χ0v) is 28.5. The monoisotopic (exact) mass is 636 g/mol. The van der Waals surface area contributed by atoms with E-state index in [0.717, 1.165) is 22.5 Å². The van der Waals surface area contributed by atoms with Gasteiger partial charge in [0.15, 0.2) is 0 Å². The van der Waals surface area contributed by atoms with Crippen molar-refractivity contribution in [1.82, 2.24) is 25.0 Å². The number of piperazine rings is 2. The molecule has 46 heavy (non-hydrogen) atoms. The van der Waals surface area contributed by atoms with Crippen LogP contribution in [0.2, 0.25) is 0 Å². The highest BCUT2D eigenvalue weighted by molar-refractivity contribution is 5.97. The van der Waals surface area contributed by atoms with Crippen LogP contribution in [0.15, 0.2) is 36.5 Å². The maximum Gasteiger partial charge on any atom is 0.410 e. The number of anilines is 1. The summed E-state index contributed by atoms with van der Waals surface area (Å²) in [5.41, 5.74) is 2.65. The molecule has 1 aromatic carbocycles. The lowest BCUT2D eigenvalue weighted by Crippen LogP contribution is -2.66. The fraction of sp³-hybridized carbons (Fsp3) is 0.600. The summed E-state index contributed by atoms with van der Waals surface area (Å²) in [6.45, 7) is 18.4. The van der Waals surface area contributed by atoms with Crippen LogP contribution in [0.25, 0.3) is 0 Å². The van der Waals surface area contributed by atoms with E-state index in [-0.39, 0.29) is 59.9 Å². The first-order chi connectivity index (χ1) is 21.5. The van der Waals surface area contributed by atoms with E-state index in [0.29, 0.717) is 39.1 Å². The number of nitrogens with one attached hydrogen (secondary N) is 1. The van der Waals surface area contributed by atoms with E-state index in [1.165, 1.54) is 12.1 Å². The Morgan fingerprint density at radius 1 is 1.04 bits per heavy atom. The Balaban J connectivity index is 1.38. The summed E-state index contributed by atoms with van der Waals surface area (Å²) in [5.74, 6) is -0.330. The van der Waals surface area contributed by atoms with Gasteiger partial charge in [0, 0.05) is 62.5 Å². The van der Waals surface area contributed by atoms with Crippen molar-refractivity contribution in [2.24, 2.45) is 0 Å². The summed E-state index contributed by atoms with van der Waals surface area (Å²) in [6, 6.07) is 7.79. The smallest absolute Gasteiger partial charge is 0.410 e. The normalized spacial score (nSPS) is 25.3. The van der Waals surface area contributed by atoms with E-state index < -0.39 is 5.60 Å². The highest BCUT2D eigenvalue weighted by atomic mass is 19.1. The Morgan fingerprint density at radius 3 is 2.41 bits per heavy atom. The van der Waals surface area contributed by atoms with Crippen molar-refractivity contribution in [2.45, 2.75) is 97.0 Å². The molecule has 2 saturated heterocycles. The highest BCUT2D eigenvalue weighted by Crippen LogP contribution is 2.40. The van der Waals surface area contributed by atoms with Crippen LogP contribution in [0.4, 0.5) is 14.9 Å². The number of amides is 3. The number of aromatic nitrogens is 1. The molecule has 11 heteroatoms. The lowest BCUT2D eigenvalue weighted by atomic mass is 9.91. The molecular formula is C35H49FN6O4. The second-order valence-electron chi connectivity index (χ2n) is 15.0. The number of hydrogen-bond acceptors (Lipinski definition) is 7. The molecule has 1 N–H and O–H groups in total. The maximum absolute atomic E-state index is 14.2. The fourth-order valence-electron chi connectivity index (χ4n) is 6.83. The summed E-state index contributed by atoms with van der Waals surface area (Å²) in [5, 5.41) is 3.01. The van der Waals surface area contributed by atoms with Gasteiger partial charge in [-0.25, -0.2) is 9.18 Å². The molecule has 4 atom stereocenters. The molecule has 5 rings (SSSR count). The largest absolute Gasteiger partial charge is 0.444 e. The first-order valence-corrected chi connectivity index (χ1v) is 16.3. The highest BCUT2D eigenvalue weighted by Gasteiger charge is 2.43. The molecule has 250 valence electrons. The van der Waals surface area contributed by atoms with E-state index in [1.54, 1.807) is 17.0 Å². The summed E-state index contributed by atoms with van der Waals surface area (Å²) < 4.78 is 19.2. The van der Waals surface area contributed by atoms with Gasteiger partial charge in [0.25, 0.3) is 0 Å². The molecule has 0 aliphatic carbocycles. The van der Waals surface area contributed by atoms with Crippen LogP contribution in [0.5, 0.6) is 0 Å². The Bertz CT molecular complexity index is 1460. The first-order valence-electron chi connectivity index (χ1n) is 16.3. The molecular weight excluding hydrogens is 587 g/mol. The van der Waals surface area contributed by atoms with Crippen molar-refractivity contribution in [3.05, 3.63) is 59.2 Å². The van der Waals surface area contributed by atoms with Crippen LogP contribution < -0.4 is 10.2 Å². The van der Waals surface area contributed by atoms with Gasteiger partial charge in [0.2, 0.25) is 11.8 Å². The van der Waals surface area contributed by atoms with Crippen molar-refractivity contribution in [3.8, 4) is 0 Å². The Morgan fingerprint density at radius 2 is 1.74 bits per heavy atom. The molecule has 0 radical (unpaired) electrons. The third kappa shape index (κ3) is 7.52. The van der Waals surface area contributed by atoms with E-state index in [1.807, 2.05) is 58.7 Å². The molecule has 3 aliphatic heterocycles. The molecule has 1 aromatic heterocycles. The van der Waals surface area contributed by atoms with Gasteiger partial charge in [-0.05, 0) is 77.3 Å². The zero-order valence-electron chi connectivity index (χ0n) is 28.5. The van der Waals surface area contributed by atoms with Crippen molar-refractivity contribution in [1.29, 1.82) is 0 Å². The Kier molecular flexibility index (Phi) is 9.48. The van der Waals surface area contributed by atoms with Gasteiger partial charge in [-0.1, -0.05) is 26.0 Å². The molecule has 2 aromatic rings. The number of carbonyl (C=O) groups is 3. The van der Waals surface area contributed by atoms with Crippen molar-refractivity contribution >= 4 is 23.6 Å². The minimum atomic E-state index is -0.631. The predicted octanol–water partition coefficient (Wildman–Crippen LogP) is 3.95. The van der Waals surface area contributed by atoms with E-state index in [2.05, 4.69) is 29.0 Å². The summed E-state index contributed by atoms with van der Waals surface area (Å²) >= 11 is 0. The second-order valence-corrected chi connectivity index (χ2v) is 15.0. The average Bonchev–Trinajstić information content (AvgIpc) is 3.23. The first kappa shape index (κ1) is 33.8. The quantitative estimate of drug-likeness (QED) is 0.513. The van der Waals surface area contributed by atoms with Gasteiger partial charge in [0.1, 0.15) is 11.4 Å². The zero-order chi connectivity index (χ0) is 33.6. The number of benzene rings is 1. The molecule has 4 heterocycles. The lowest BCUT2D eigenvalue weighted by molar-refractivity contribution is -0.131. The third-order valence-corrected chi connectivity index (χ3v) is 9.22. The minimum Gasteiger partial charge on any atom is -0.444 e. The summed E-state index contributed by atoms with van der Waals surface area (Å²) in [4.78, 5) is 52.9. The summed E-state index contributed by atoms with van der Waals surface area (Å²) in [6.07, 6.45) is 2.06. The molecule has 0 bridgehead atoms. The van der Waals surface area contributed by atoms with Crippen molar-refractivity contribution in [3.63, 3.8) is 0 Å². The van der Waals surface area contributed by atoms with E-state index in [4.69, 9.17) is 9.72 Å². The fourth-order valence-corrected chi connectivity index (χ4v) is 6.83. The molecule has 3 aliphatic rings. The molecule has 3 amide bonds. The van der Waals surface area contributed by atoms with E-state index in [9.17, 15) is 18.8 Å². The molecule has 2 unspecified atom stereocenters. The minimum absolute atomic E-state index is 0.00296. The van der Waals surface area contributed by atoms with Crippen molar-refractivity contribution < 1.29 is 23.5 Å². The number of hydrogen-bond donors (Lipinski definition) is 1. The Hall–Kier alpha value is -3.57. The number of fused-ring (bicyclic) bond motifs is 1. The molecule has 2 fully saturated rings. The van der Waals surface area contributed by atoms with Crippen LogP contribution in [-0.2, 0) is 26.2 Å². The number of halogens is 1. The van der Waals surface area contributed by atoms with Crippen LogP contribution in [-0.4, -0.2) is 107 Å². The van der Waals surface area contributed by atoms with Gasteiger partial charge in [-0.3, -0.25) is 24.4 Å². The number of rotatable bonds is 6. The van der Waals surface area contributed by atoms with Crippen LogP contribution in [0.1, 0.15) is 72.2 Å². The molecule has 0 spiro atoms. The van der Waals surface area contributed by atoms with Gasteiger partial charge in [-0.2, -0.15) is 0 Å². The average molecular weight is 637 g/mol. The predicted molar refractivity (Wildman–Crippen MR) is 175 cm³/mol. The van der Waals surface area contributed by atoms with Gasteiger partial charge < -0.3 is 19.9 Å². The van der Waals surface area contributed by atoms with Crippen LogP contribution in [0, 0.1) is 5.82 Å². The maximum atomic E-state index is 14.2. The number of carbonyl (C=O) groups excluding carboxylic acids is 3. The standard InChI is InChI=1S/C35H49FN6O4/c1-22-16-39(24(3)32(44)38-22)18-28-19-41(33(45)46-34(4,5)6)23(2)17-40(28)20-30(43)42-21-35(7,8)31-29(42)14-26(15-37-31)13-25-9-11-27(36)12-10-25/h9-12,14-15,22-24,28H,13,16-21H2,1-8H3,(H,38,44)/t22?,23-,24?,28+/m1/s1. The molecule has 10 nitrogen and oxygen atoms in total. The second kappa shape index (κ2) is 12.9. The topological polar surface area (TPSA) is 98.3 Å². The van der Waals surface area contributed by atoms with Gasteiger partial charge in [-0.15, -0.1) is 0 Å². The molecule has 0 saturated carbocycles. The third-order valence-electron chi connectivity index (χ3n) is 9.22. The number of ether oxygens (including phenoxy) is 1. The number of nitrogens with zero attached hydrogens (tertiary/aromatic N) is 5. The van der Waals surface area contributed by atoms with Crippen LogP contribution >= 0.6 is 0 Å². The summed E-state index contributed by atoms with van der Waals surface area (Å²) in [7, 11) is 0. The van der Waals surface area contributed by atoms with Crippen LogP contribution in [0.3, 0.4) is 0 Å². The van der Waals surface area contributed by atoms with Gasteiger partial charge in [0.05, 0.1) is 24.0 Å².